The third-order valence-electron chi connectivity index (χ3n) is 4.17. The molecule has 0 aliphatic carbocycles. The summed E-state index contributed by atoms with van der Waals surface area (Å²) in [6, 6.07) is 13.0. The second-order valence-electron chi connectivity index (χ2n) is 6.26. The minimum Gasteiger partial charge on any atom is -0.454 e. The summed E-state index contributed by atoms with van der Waals surface area (Å²) in [7, 11) is 0. The van der Waals surface area contributed by atoms with Crippen LogP contribution in [0.25, 0.3) is 0 Å². The average molecular weight is 400 g/mol. The summed E-state index contributed by atoms with van der Waals surface area (Å²) < 4.78 is 6.38. The van der Waals surface area contributed by atoms with Gasteiger partial charge in [0.25, 0.3) is 0 Å². The molecule has 140 valence electrons. The van der Waals surface area contributed by atoms with Crippen LogP contribution in [0.5, 0.6) is 0 Å². The van der Waals surface area contributed by atoms with Crippen LogP contribution in [-0.4, -0.2) is 35.0 Å². The maximum absolute atomic E-state index is 12.5. The zero-order valence-corrected chi connectivity index (χ0v) is 17.0. The molecule has 0 fully saturated rings. The first-order valence-corrected chi connectivity index (χ1v) is 10.7. The van der Waals surface area contributed by atoms with Gasteiger partial charge in [0, 0.05) is 17.1 Å². The van der Waals surface area contributed by atoms with E-state index in [0.29, 0.717) is 16.9 Å². The third-order valence-corrected chi connectivity index (χ3v) is 6.48. The van der Waals surface area contributed by atoms with Crippen LogP contribution in [-0.2, 0) is 10.5 Å². The van der Waals surface area contributed by atoms with Crippen LogP contribution in [0.3, 0.4) is 0 Å². The largest absolute Gasteiger partial charge is 0.454 e. The molecule has 0 saturated carbocycles. The van der Waals surface area contributed by atoms with Crippen molar-refractivity contribution >= 4 is 39.7 Å². The van der Waals surface area contributed by atoms with E-state index in [9.17, 15) is 9.59 Å². The number of aryl methyl sites for hydroxylation is 2. The van der Waals surface area contributed by atoms with Crippen molar-refractivity contribution in [2.75, 3.05) is 18.9 Å². The van der Waals surface area contributed by atoms with Crippen LogP contribution < -0.4 is 0 Å². The fourth-order valence-electron chi connectivity index (χ4n) is 2.71. The first kappa shape index (κ1) is 19.7. The normalized spacial score (nSPS) is 13.3. The van der Waals surface area contributed by atoms with E-state index >= 15 is 0 Å². The summed E-state index contributed by atoms with van der Waals surface area (Å²) in [6.07, 6.45) is 0. The standard InChI is InChI=1S/C21H21NO3S2/c1-14-7-8-15(2)18(11-14)19(23)12-25-20(24)17-6-4-3-5-16(17)13-27-21-22-9-10-26-21/h3-8,11H,9-10,12-13H2,1-2H3. The first-order valence-electron chi connectivity index (χ1n) is 8.70. The number of thioether (sulfide) groups is 2. The smallest absolute Gasteiger partial charge is 0.338 e. The molecule has 1 aliphatic rings. The Morgan fingerprint density at radius 1 is 1.15 bits per heavy atom. The van der Waals surface area contributed by atoms with E-state index < -0.39 is 5.97 Å². The van der Waals surface area contributed by atoms with E-state index in [0.717, 1.165) is 33.4 Å². The first-order chi connectivity index (χ1) is 13.0. The van der Waals surface area contributed by atoms with E-state index in [2.05, 4.69) is 4.99 Å². The number of nitrogens with zero attached hydrogens (tertiary/aromatic N) is 1. The molecule has 2 aromatic carbocycles. The van der Waals surface area contributed by atoms with Crippen molar-refractivity contribution in [2.24, 2.45) is 4.99 Å². The monoisotopic (exact) mass is 399 g/mol. The summed E-state index contributed by atoms with van der Waals surface area (Å²) >= 11 is 3.37. The molecule has 1 heterocycles. The highest BCUT2D eigenvalue weighted by Crippen LogP contribution is 2.26. The molecule has 0 aromatic heterocycles. The number of esters is 1. The Morgan fingerprint density at radius 3 is 2.74 bits per heavy atom. The quantitative estimate of drug-likeness (QED) is 0.521. The zero-order valence-electron chi connectivity index (χ0n) is 15.4. The summed E-state index contributed by atoms with van der Waals surface area (Å²) in [4.78, 5) is 29.4. The van der Waals surface area contributed by atoms with Gasteiger partial charge in [-0.1, -0.05) is 59.4 Å². The van der Waals surface area contributed by atoms with Crippen LogP contribution in [0.1, 0.15) is 37.4 Å². The molecule has 27 heavy (non-hydrogen) atoms. The lowest BCUT2D eigenvalue weighted by Crippen LogP contribution is -2.16. The Bertz CT molecular complexity index is 893. The van der Waals surface area contributed by atoms with Gasteiger partial charge in [0.15, 0.2) is 6.61 Å². The number of benzene rings is 2. The van der Waals surface area contributed by atoms with Crippen LogP contribution in [0.15, 0.2) is 47.5 Å². The highest BCUT2D eigenvalue weighted by Gasteiger charge is 2.17. The predicted molar refractivity (Wildman–Crippen MR) is 113 cm³/mol. The van der Waals surface area contributed by atoms with Gasteiger partial charge in [-0.05, 0) is 37.1 Å². The van der Waals surface area contributed by atoms with E-state index in [1.54, 1.807) is 35.7 Å². The Morgan fingerprint density at radius 2 is 1.96 bits per heavy atom. The molecule has 3 rings (SSSR count). The molecule has 0 unspecified atom stereocenters. The van der Waals surface area contributed by atoms with E-state index in [4.69, 9.17) is 4.74 Å². The SMILES string of the molecule is Cc1ccc(C)c(C(=O)COC(=O)c2ccccc2CSC2=NCCS2)c1. The Hall–Kier alpha value is -2.05. The maximum Gasteiger partial charge on any atom is 0.338 e. The van der Waals surface area contributed by atoms with Crippen molar-refractivity contribution in [1.82, 2.24) is 0 Å². The molecule has 0 saturated heterocycles. The lowest BCUT2D eigenvalue weighted by molar-refractivity contribution is 0.0473. The Balaban J connectivity index is 1.64. The second-order valence-corrected chi connectivity index (χ2v) is 8.57. The van der Waals surface area contributed by atoms with Crippen LogP contribution >= 0.6 is 23.5 Å². The van der Waals surface area contributed by atoms with Gasteiger partial charge in [-0.15, -0.1) is 0 Å². The molecule has 0 N–H and O–H groups in total. The van der Waals surface area contributed by atoms with E-state index in [1.165, 1.54) is 0 Å². The van der Waals surface area contributed by atoms with Gasteiger partial charge in [-0.25, -0.2) is 4.79 Å². The number of rotatable bonds is 6. The number of carbonyl (C=O) groups is 2. The molecule has 1 aliphatic heterocycles. The predicted octanol–water partition coefficient (Wildman–Crippen LogP) is 4.68. The van der Waals surface area contributed by atoms with Gasteiger partial charge in [-0.3, -0.25) is 9.79 Å². The number of ketones is 1. The molecule has 2 aromatic rings. The number of aliphatic imine (C=N–C) groups is 1. The minimum atomic E-state index is -0.467. The van der Waals surface area contributed by atoms with Gasteiger partial charge in [0.05, 0.1) is 12.1 Å². The molecule has 0 radical (unpaired) electrons. The summed E-state index contributed by atoms with van der Waals surface area (Å²) in [5, 5.41) is 0. The lowest BCUT2D eigenvalue weighted by Gasteiger charge is -2.10. The Kier molecular flexibility index (Phi) is 6.74. The topological polar surface area (TPSA) is 55.7 Å². The third kappa shape index (κ3) is 5.23. The number of carbonyl (C=O) groups excluding carboxylic acids is 2. The van der Waals surface area contributed by atoms with Gasteiger partial charge < -0.3 is 4.74 Å². The molecular formula is C21H21NO3S2. The number of ether oxygens (including phenoxy) is 1. The highest BCUT2D eigenvalue weighted by atomic mass is 32.2. The molecule has 0 amide bonds. The molecule has 0 spiro atoms. The molecule has 0 bridgehead atoms. The zero-order chi connectivity index (χ0) is 19.2. The van der Waals surface area contributed by atoms with Crippen molar-refractivity contribution in [3.05, 3.63) is 70.3 Å². The van der Waals surface area contributed by atoms with Crippen LogP contribution in [0, 0.1) is 13.8 Å². The fraction of sp³-hybridized carbons (Fsp3) is 0.286. The highest BCUT2D eigenvalue weighted by molar-refractivity contribution is 8.38. The fourth-order valence-corrected chi connectivity index (χ4v) is 4.72. The van der Waals surface area contributed by atoms with Crippen molar-refractivity contribution in [3.63, 3.8) is 0 Å². The molecular weight excluding hydrogens is 378 g/mol. The lowest BCUT2D eigenvalue weighted by atomic mass is 10.0. The van der Waals surface area contributed by atoms with Gasteiger partial charge in [0.2, 0.25) is 5.78 Å². The molecule has 0 atom stereocenters. The van der Waals surface area contributed by atoms with E-state index in [1.807, 2.05) is 44.2 Å². The second kappa shape index (κ2) is 9.24. The summed E-state index contributed by atoms with van der Waals surface area (Å²) in [6.45, 7) is 4.41. The number of hydrogen-bond donors (Lipinski definition) is 0. The summed E-state index contributed by atoms with van der Waals surface area (Å²) in [5.41, 5.74) is 3.88. The van der Waals surface area contributed by atoms with Gasteiger partial charge in [0.1, 0.15) is 4.38 Å². The van der Waals surface area contributed by atoms with Gasteiger partial charge >= 0.3 is 5.97 Å². The van der Waals surface area contributed by atoms with E-state index in [-0.39, 0.29) is 12.4 Å². The van der Waals surface area contributed by atoms with Crippen LogP contribution in [0.4, 0.5) is 0 Å². The molecule has 4 nitrogen and oxygen atoms in total. The molecule has 6 heteroatoms. The number of hydrogen-bond acceptors (Lipinski definition) is 6. The number of Topliss-reactive ketones (excluding diaryl/α,β-unsaturated/α-hetero) is 1. The van der Waals surface area contributed by atoms with Crippen molar-refractivity contribution in [2.45, 2.75) is 19.6 Å². The van der Waals surface area contributed by atoms with Gasteiger partial charge in [-0.2, -0.15) is 0 Å². The van der Waals surface area contributed by atoms with Crippen molar-refractivity contribution < 1.29 is 14.3 Å². The summed E-state index contributed by atoms with van der Waals surface area (Å²) in [5.74, 6) is 1.02. The van der Waals surface area contributed by atoms with Crippen molar-refractivity contribution in [1.29, 1.82) is 0 Å². The van der Waals surface area contributed by atoms with Crippen molar-refractivity contribution in [3.8, 4) is 0 Å². The maximum atomic E-state index is 12.5. The Labute approximate surface area is 167 Å². The minimum absolute atomic E-state index is 0.187. The van der Waals surface area contributed by atoms with Crippen LogP contribution in [0.2, 0.25) is 0 Å². The average Bonchev–Trinajstić information content (AvgIpc) is 3.20.